The van der Waals surface area contributed by atoms with Gasteiger partial charge in [-0.2, -0.15) is 0 Å². The lowest BCUT2D eigenvalue weighted by Crippen LogP contribution is -2.40. The average Bonchev–Trinajstić information content (AvgIpc) is 2.57. The number of carbonyl (C=O) groups excluding carboxylic acids is 1. The second kappa shape index (κ2) is 3.94. The van der Waals surface area contributed by atoms with Crippen molar-refractivity contribution in [2.45, 2.75) is 39.3 Å². The van der Waals surface area contributed by atoms with Gasteiger partial charge < -0.3 is 14.7 Å². The maximum atomic E-state index is 11.8. The summed E-state index contributed by atoms with van der Waals surface area (Å²) in [7, 11) is 0. The molecule has 0 atom stereocenters. The van der Waals surface area contributed by atoms with E-state index in [1.165, 1.54) is 0 Å². The maximum Gasteiger partial charge on any atom is 0.410 e. The number of rotatable bonds is 0. The van der Waals surface area contributed by atoms with Crippen molar-refractivity contribution in [3.8, 4) is 0 Å². The molecule has 6 nitrogen and oxygen atoms in total. The van der Waals surface area contributed by atoms with E-state index in [0.717, 1.165) is 11.3 Å². The van der Waals surface area contributed by atoms with Crippen molar-refractivity contribution in [3.05, 3.63) is 21.6 Å². The van der Waals surface area contributed by atoms with Gasteiger partial charge in [0.15, 0.2) is 0 Å². The molecule has 0 aromatic carbocycles. The highest BCUT2D eigenvalue weighted by molar-refractivity contribution is 5.68. The quantitative estimate of drug-likeness (QED) is 0.708. The van der Waals surface area contributed by atoms with E-state index >= 15 is 0 Å². The minimum absolute atomic E-state index is 0.0937. The lowest BCUT2D eigenvalue weighted by Gasteiger charge is -2.29. The highest BCUT2D eigenvalue weighted by atomic mass is 16.6. The molecule has 1 aliphatic rings. The van der Waals surface area contributed by atoms with E-state index in [0.29, 0.717) is 19.5 Å². The van der Waals surface area contributed by atoms with Gasteiger partial charge in [0.2, 0.25) is 0 Å². The Hall–Kier alpha value is -1.72. The minimum Gasteiger partial charge on any atom is -0.444 e. The number of aromatic amines is 2. The molecule has 0 bridgehead atoms. The first kappa shape index (κ1) is 11.8. The van der Waals surface area contributed by atoms with Gasteiger partial charge in [0.05, 0.1) is 12.2 Å². The number of carbonyl (C=O) groups is 1. The third-order valence-corrected chi connectivity index (χ3v) is 2.60. The Morgan fingerprint density at radius 1 is 1.35 bits per heavy atom. The summed E-state index contributed by atoms with van der Waals surface area (Å²) in [6.45, 7) is 6.40. The van der Waals surface area contributed by atoms with Crippen LogP contribution < -0.4 is 5.56 Å². The van der Waals surface area contributed by atoms with E-state index in [2.05, 4.69) is 10.2 Å². The maximum absolute atomic E-state index is 11.8. The van der Waals surface area contributed by atoms with Gasteiger partial charge in [0.1, 0.15) is 5.60 Å². The van der Waals surface area contributed by atoms with Crippen LogP contribution in [0.15, 0.2) is 4.79 Å². The number of amides is 1. The standard InChI is InChI=1S/C11H17N3O3/c1-11(2,3)17-10(16)14-5-4-7-8(6-14)12-13-9(7)15/h4-6H2,1-3H3,(H2,12,13,15). The third kappa shape index (κ3) is 2.51. The van der Waals surface area contributed by atoms with Crippen LogP contribution in [-0.2, 0) is 17.7 Å². The van der Waals surface area contributed by atoms with Crippen molar-refractivity contribution >= 4 is 6.09 Å². The van der Waals surface area contributed by atoms with E-state index < -0.39 is 5.60 Å². The molecule has 0 saturated heterocycles. The smallest absolute Gasteiger partial charge is 0.410 e. The van der Waals surface area contributed by atoms with Crippen LogP contribution in [0.5, 0.6) is 0 Å². The number of fused-ring (bicyclic) bond motifs is 1. The molecule has 1 aromatic rings. The summed E-state index contributed by atoms with van der Waals surface area (Å²) in [4.78, 5) is 24.8. The Morgan fingerprint density at radius 2 is 2.06 bits per heavy atom. The molecule has 2 rings (SSSR count). The fourth-order valence-corrected chi connectivity index (χ4v) is 1.82. The van der Waals surface area contributed by atoms with Gasteiger partial charge in [-0.05, 0) is 27.2 Å². The van der Waals surface area contributed by atoms with Gasteiger partial charge in [0, 0.05) is 12.1 Å². The van der Waals surface area contributed by atoms with Crippen molar-refractivity contribution in [2.75, 3.05) is 6.54 Å². The van der Waals surface area contributed by atoms with Gasteiger partial charge in [-0.15, -0.1) is 0 Å². The molecule has 17 heavy (non-hydrogen) atoms. The number of nitrogens with one attached hydrogen (secondary N) is 2. The predicted octanol–water partition coefficient (Wildman–Crippen LogP) is 0.996. The number of H-pyrrole nitrogens is 2. The summed E-state index contributed by atoms with van der Waals surface area (Å²) < 4.78 is 5.28. The van der Waals surface area contributed by atoms with Crippen molar-refractivity contribution in [2.24, 2.45) is 0 Å². The van der Waals surface area contributed by atoms with Crippen LogP contribution in [0.4, 0.5) is 4.79 Å². The molecule has 0 unspecified atom stereocenters. The zero-order valence-corrected chi connectivity index (χ0v) is 10.3. The van der Waals surface area contributed by atoms with E-state index in [1.807, 2.05) is 20.8 Å². The number of nitrogens with zero attached hydrogens (tertiary/aromatic N) is 1. The molecule has 0 fully saturated rings. The van der Waals surface area contributed by atoms with E-state index in [9.17, 15) is 9.59 Å². The van der Waals surface area contributed by atoms with Crippen molar-refractivity contribution in [3.63, 3.8) is 0 Å². The van der Waals surface area contributed by atoms with Gasteiger partial charge in [-0.25, -0.2) is 4.79 Å². The summed E-state index contributed by atoms with van der Waals surface area (Å²) in [6, 6.07) is 0. The molecule has 0 saturated carbocycles. The van der Waals surface area contributed by atoms with Crippen LogP contribution >= 0.6 is 0 Å². The number of ether oxygens (including phenoxy) is 1. The van der Waals surface area contributed by atoms with Gasteiger partial charge in [0.25, 0.3) is 5.56 Å². The minimum atomic E-state index is -0.497. The predicted molar refractivity (Wildman–Crippen MR) is 61.8 cm³/mol. The van der Waals surface area contributed by atoms with E-state index in [1.54, 1.807) is 4.90 Å². The lowest BCUT2D eigenvalue weighted by molar-refractivity contribution is 0.0221. The fourth-order valence-electron chi connectivity index (χ4n) is 1.82. The van der Waals surface area contributed by atoms with Crippen LogP contribution in [0.25, 0.3) is 0 Å². The van der Waals surface area contributed by atoms with Gasteiger partial charge >= 0.3 is 6.09 Å². The first-order valence-electron chi connectivity index (χ1n) is 5.63. The highest BCUT2D eigenvalue weighted by Crippen LogP contribution is 2.16. The molecule has 1 amide bonds. The van der Waals surface area contributed by atoms with E-state index in [-0.39, 0.29) is 11.7 Å². The Morgan fingerprint density at radius 3 is 2.71 bits per heavy atom. The first-order valence-corrected chi connectivity index (χ1v) is 5.63. The zero-order chi connectivity index (χ0) is 12.6. The lowest BCUT2D eigenvalue weighted by atomic mass is 10.1. The molecule has 0 radical (unpaired) electrons. The average molecular weight is 239 g/mol. The molecule has 0 aliphatic carbocycles. The SMILES string of the molecule is CC(C)(C)OC(=O)N1CCc2c([nH][nH]c2=O)C1. The molecule has 2 N–H and O–H groups in total. The number of hydrogen-bond donors (Lipinski definition) is 2. The first-order chi connectivity index (χ1) is 7.87. The van der Waals surface area contributed by atoms with E-state index in [4.69, 9.17) is 4.74 Å². The second-order valence-corrected chi connectivity index (χ2v) is 5.19. The van der Waals surface area contributed by atoms with Crippen LogP contribution in [0.2, 0.25) is 0 Å². The monoisotopic (exact) mass is 239 g/mol. The van der Waals surface area contributed by atoms with Crippen LogP contribution in [0.3, 0.4) is 0 Å². The van der Waals surface area contributed by atoms with Crippen molar-refractivity contribution in [1.29, 1.82) is 0 Å². The molecule has 6 heteroatoms. The summed E-state index contributed by atoms with van der Waals surface area (Å²) in [5.74, 6) is 0. The molecule has 2 heterocycles. The van der Waals surface area contributed by atoms with Crippen molar-refractivity contribution in [1.82, 2.24) is 15.1 Å². The van der Waals surface area contributed by atoms with Crippen LogP contribution in [0.1, 0.15) is 32.0 Å². The molecule has 1 aliphatic heterocycles. The zero-order valence-electron chi connectivity index (χ0n) is 10.3. The second-order valence-electron chi connectivity index (χ2n) is 5.19. The summed E-state index contributed by atoms with van der Waals surface area (Å²) in [5.41, 5.74) is 0.920. The number of hydrogen-bond acceptors (Lipinski definition) is 3. The normalized spacial score (nSPS) is 15.6. The number of aromatic nitrogens is 2. The summed E-state index contributed by atoms with van der Waals surface area (Å²) in [6.07, 6.45) is 0.220. The molecular formula is C11H17N3O3. The third-order valence-electron chi connectivity index (χ3n) is 2.60. The van der Waals surface area contributed by atoms with Crippen LogP contribution in [0, 0.1) is 0 Å². The molecule has 94 valence electrons. The van der Waals surface area contributed by atoms with Crippen molar-refractivity contribution < 1.29 is 9.53 Å². The Labute approximate surface area is 98.9 Å². The Kier molecular flexibility index (Phi) is 2.73. The Bertz CT molecular complexity index is 481. The fraction of sp³-hybridized carbons (Fsp3) is 0.636. The summed E-state index contributed by atoms with van der Waals surface area (Å²) >= 11 is 0. The largest absolute Gasteiger partial charge is 0.444 e. The molecule has 0 spiro atoms. The molecular weight excluding hydrogens is 222 g/mol. The highest BCUT2D eigenvalue weighted by Gasteiger charge is 2.27. The topological polar surface area (TPSA) is 78.2 Å². The Balaban J connectivity index is 2.08. The summed E-state index contributed by atoms with van der Waals surface area (Å²) in [5, 5.41) is 5.31. The van der Waals surface area contributed by atoms with Crippen LogP contribution in [-0.4, -0.2) is 33.3 Å². The van der Waals surface area contributed by atoms with Gasteiger partial charge in [-0.1, -0.05) is 0 Å². The van der Waals surface area contributed by atoms with Gasteiger partial charge in [-0.3, -0.25) is 9.89 Å². The molecule has 1 aromatic heterocycles.